The molecule has 1 aromatic heterocycles. The van der Waals surface area contributed by atoms with Gasteiger partial charge in [-0.2, -0.15) is 0 Å². The van der Waals surface area contributed by atoms with E-state index >= 15 is 0 Å². The molecule has 1 rings (SSSR count). The van der Waals surface area contributed by atoms with Crippen molar-refractivity contribution in [1.29, 1.82) is 0 Å². The van der Waals surface area contributed by atoms with Crippen molar-refractivity contribution in [3.8, 4) is 5.88 Å². The van der Waals surface area contributed by atoms with E-state index in [2.05, 4.69) is 29.3 Å². The summed E-state index contributed by atoms with van der Waals surface area (Å²) in [4.78, 5) is 10.5. The summed E-state index contributed by atoms with van der Waals surface area (Å²) in [5.41, 5.74) is 0. The van der Waals surface area contributed by atoms with Crippen LogP contribution >= 0.6 is 0 Å². The second kappa shape index (κ2) is 5.83. The molecule has 1 aromatic rings. The zero-order valence-electron chi connectivity index (χ0n) is 10.2. The van der Waals surface area contributed by atoms with Gasteiger partial charge in [0, 0.05) is 14.7 Å². The van der Waals surface area contributed by atoms with Gasteiger partial charge in [0.1, 0.15) is 0 Å². The van der Waals surface area contributed by atoms with Crippen molar-refractivity contribution in [2.45, 2.75) is 25.7 Å². The van der Waals surface area contributed by atoms with Gasteiger partial charge in [-0.15, -0.1) is 0 Å². The highest BCUT2D eigenvalue weighted by Gasteiger charge is 2.13. The van der Waals surface area contributed by atoms with Crippen molar-refractivity contribution in [2.24, 2.45) is 0 Å². The number of aromatic carboxylic acids is 1. The second-order valence-corrected chi connectivity index (χ2v) is 10.4. The van der Waals surface area contributed by atoms with E-state index in [0.717, 1.165) is 6.04 Å². The molecular weight excluding hydrogens is 242 g/mol. The van der Waals surface area contributed by atoms with Gasteiger partial charge in [0.05, 0.1) is 6.07 Å². The molecule has 6 nitrogen and oxygen atoms in total. The maximum atomic E-state index is 10.5. The average Bonchev–Trinajstić information content (AvgIpc) is 2.64. The van der Waals surface area contributed by atoms with Crippen LogP contribution in [0.25, 0.3) is 0 Å². The second-order valence-electron chi connectivity index (χ2n) is 4.82. The first-order chi connectivity index (χ1) is 7.88. The van der Waals surface area contributed by atoms with Crippen molar-refractivity contribution in [3.05, 3.63) is 11.8 Å². The Hall–Kier alpha value is -1.34. The smallest absolute Gasteiger partial charge is 0.374 e. The number of aromatic nitrogens is 1. The zero-order chi connectivity index (χ0) is 12.9. The highest BCUT2D eigenvalue weighted by molar-refractivity contribution is 6.76. The first-order valence-electron chi connectivity index (χ1n) is 5.29. The molecule has 0 amide bonds. The molecule has 0 saturated carbocycles. The highest BCUT2D eigenvalue weighted by atomic mass is 28.3. The quantitative estimate of drug-likeness (QED) is 0.458. The number of carboxylic acids is 1. The van der Waals surface area contributed by atoms with Crippen LogP contribution in [-0.4, -0.2) is 37.7 Å². The summed E-state index contributed by atoms with van der Waals surface area (Å²) in [5, 5.41) is 12.0. The van der Waals surface area contributed by atoms with Crippen molar-refractivity contribution in [1.82, 2.24) is 5.16 Å². The van der Waals surface area contributed by atoms with Crippen LogP contribution in [0.3, 0.4) is 0 Å². The molecule has 1 N–H and O–H groups in total. The van der Waals surface area contributed by atoms with Crippen LogP contribution in [-0.2, 0) is 4.74 Å². The molecule has 0 aliphatic rings. The van der Waals surface area contributed by atoms with Gasteiger partial charge in [-0.05, 0) is 11.2 Å². The third-order valence-corrected chi connectivity index (χ3v) is 3.69. The number of carbonyl (C=O) groups is 1. The van der Waals surface area contributed by atoms with E-state index in [1.54, 1.807) is 0 Å². The minimum absolute atomic E-state index is 0.0517. The molecular formula is C10H17NO5Si. The molecule has 0 saturated heterocycles. The fraction of sp³-hybridized carbons (Fsp3) is 0.600. The Bertz CT molecular complexity index is 371. The molecule has 0 fully saturated rings. The fourth-order valence-corrected chi connectivity index (χ4v) is 1.72. The van der Waals surface area contributed by atoms with Gasteiger partial charge in [0.2, 0.25) is 5.76 Å². The number of ether oxygens (including phenoxy) is 2. The van der Waals surface area contributed by atoms with Crippen LogP contribution in [0.5, 0.6) is 5.88 Å². The molecule has 0 spiro atoms. The first kappa shape index (κ1) is 13.7. The summed E-state index contributed by atoms with van der Waals surface area (Å²) in [6.45, 7) is 7.46. The minimum atomic E-state index is -1.17. The van der Waals surface area contributed by atoms with E-state index in [9.17, 15) is 4.79 Å². The largest absolute Gasteiger partial charge is 0.475 e. The van der Waals surface area contributed by atoms with Crippen molar-refractivity contribution >= 4 is 14.0 Å². The third-order valence-electron chi connectivity index (χ3n) is 1.99. The van der Waals surface area contributed by atoms with Crippen molar-refractivity contribution in [2.75, 3.05) is 13.4 Å². The predicted molar refractivity (Wildman–Crippen MR) is 63.1 cm³/mol. The molecule has 1 heterocycles. The van der Waals surface area contributed by atoms with Crippen molar-refractivity contribution < 1.29 is 23.9 Å². The van der Waals surface area contributed by atoms with Crippen LogP contribution in [0.1, 0.15) is 10.6 Å². The van der Waals surface area contributed by atoms with E-state index in [1.165, 1.54) is 6.07 Å². The summed E-state index contributed by atoms with van der Waals surface area (Å²) in [7, 11) is -1.09. The molecule has 7 heteroatoms. The molecule has 17 heavy (non-hydrogen) atoms. The Kier molecular flexibility index (Phi) is 4.70. The van der Waals surface area contributed by atoms with Gasteiger partial charge in [0.25, 0.3) is 5.88 Å². The maximum absolute atomic E-state index is 10.5. The standard InChI is InChI=1S/C10H17NO5Si/c1-17(2,3)5-4-14-7-15-9-6-8(10(12)13)16-11-9/h6H,4-5,7H2,1-3H3,(H,12,13). The van der Waals surface area contributed by atoms with Gasteiger partial charge < -0.3 is 19.1 Å². The van der Waals surface area contributed by atoms with Gasteiger partial charge in [-0.1, -0.05) is 19.6 Å². The van der Waals surface area contributed by atoms with Gasteiger partial charge in [-0.3, -0.25) is 0 Å². The molecule has 96 valence electrons. The Morgan fingerprint density at radius 1 is 1.53 bits per heavy atom. The summed E-state index contributed by atoms with van der Waals surface area (Å²) in [6, 6.07) is 2.26. The lowest BCUT2D eigenvalue weighted by molar-refractivity contribution is 0.0174. The van der Waals surface area contributed by atoms with Crippen LogP contribution in [0.4, 0.5) is 0 Å². The lowest BCUT2D eigenvalue weighted by atomic mass is 10.5. The minimum Gasteiger partial charge on any atom is -0.475 e. The van der Waals surface area contributed by atoms with E-state index in [-0.39, 0.29) is 18.4 Å². The SMILES string of the molecule is C[Si](C)(C)CCOCOc1cc(C(=O)O)on1. The van der Waals surface area contributed by atoms with E-state index in [0.29, 0.717) is 6.61 Å². The predicted octanol–water partition coefficient (Wildman–Crippen LogP) is 2.06. The number of carboxylic acid groups (broad SMARTS) is 1. The Labute approximate surface area is 101 Å². The summed E-state index contributed by atoms with van der Waals surface area (Å²) in [6.07, 6.45) is 0. The molecule has 0 aliphatic heterocycles. The maximum Gasteiger partial charge on any atom is 0.374 e. The first-order valence-corrected chi connectivity index (χ1v) is 9.00. The molecule has 0 bridgehead atoms. The lowest BCUT2D eigenvalue weighted by Crippen LogP contribution is -2.22. The highest BCUT2D eigenvalue weighted by Crippen LogP contribution is 2.11. The van der Waals surface area contributed by atoms with Crippen LogP contribution < -0.4 is 4.74 Å². The topological polar surface area (TPSA) is 81.8 Å². The number of nitrogens with zero attached hydrogens (tertiary/aromatic N) is 1. The van der Waals surface area contributed by atoms with Gasteiger partial charge in [-0.25, -0.2) is 4.79 Å². The number of hydrogen-bond donors (Lipinski definition) is 1. The molecule has 0 aliphatic carbocycles. The average molecular weight is 259 g/mol. The van der Waals surface area contributed by atoms with E-state index in [1.807, 2.05) is 0 Å². The normalized spacial score (nSPS) is 11.5. The Balaban J connectivity index is 2.20. The van der Waals surface area contributed by atoms with Crippen LogP contribution in [0.2, 0.25) is 25.7 Å². The van der Waals surface area contributed by atoms with Crippen LogP contribution in [0.15, 0.2) is 10.6 Å². The van der Waals surface area contributed by atoms with Crippen LogP contribution in [0, 0.1) is 0 Å². The lowest BCUT2D eigenvalue weighted by Gasteiger charge is -2.14. The number of rotatable bonds is 7. The van der Waals surface area contributed by atoms with E-state index < -0.39 is 14.0 Å². The Morgan fingerprint density at radius 2 is 2.24 bits per heavy atom. The summed E-state index contributed by atoms with van der Waals surface area (Å²) in [5.74, 6) is -1.30. The summed E-state index contributed by atoms with van der Waals surface area (Å²) < 4.78 is 14.9. The molecule has 0 unspecified atom stereocenters. The molecule has 0 aromatic carbocycles. The van der Waals surface area contributed by atoms with Gasteiger partial charge in [0.15, 0.2) is 6.79 Å². The third kappa shape index (κ3) is 5.50. The molecule has 0 atom stereocenters. The van der Waals surface area contributed by atoms with E-state index in [4.69, 9.17) is 14.6 Å². The fourth-order valence-electron chi connectivity index (χ4n) is 0.967. The Morgan fingerprint density at radius 3 is 2.76 bits per heavy atom. The van der Waals surface area contributed by atoms with Gasteiger partial charge >= 0.3 is 5.97 Å². The monoisotopic (exact) mass is 259 g/mol. The zero-order valence-corrected chi connectivity index (χ0v) is 11.2. The van der Waals surface area contributed by atoms with Crippen molar-refractivity contribution in [3.63, 3.8) is 0 Å². The number of hydrogen-bond acceptors (Lipinski definition) is 5. The molecule has 0 radical (unpaired) electrons. The summed E-state index contributed by atoms with van der Waals surface area (Å²) >= 11 is 0.